The zero-order valence-electron chi connectivity index (χ0n) is 21.4. The predicted octanol–water partition coefficient (Wildman–Crippen LogP) is 5.92. The second kappa shape index (κ2) is 10.1. The Balaban J connectivity index is 1.17. The topological polar surface area (TPSA) is 118 Å². The number of fused-ring (bicyclic) bond motifs is 1. The standard InChI is InChI=1S/C30H24FN5O4/c1-39-27-17-25-23(16-22(27)24-10-15-33-36-24)26(11-14-32-25)40-21-8-6-20(7-9-21)35-29(38)30(12-13-30)28(37)34-19-4-2-18(31)3-5-19/h2-11,14-17H,12-13H2,1H3,(H,33,36)(H,34,37)(H,35,38). The summed E-state index contributed by atoms with van der Waals surface area (Å²) in [4.78, 5) is 30.3. The fourth-order valence-corrected chi connectivity index (χ4v) is 4.47. The Morgan fingerprint density at radius 3 is 2.15 bits per heavy atom. The number of amides is 2. The molecule has 40 heavy (non-hydrogen) atoms. The highest BCUT2D eigenvalue weighted by molar-refractivity contribution is 6.16. The Morgan fingerprint density at radius 2 is 1.55 bits per heavy atom. The van der Waals surface area contributed by atoms with Crippen molar-refractivity contribution in [3.8, 4) is 28.5 Å². The second-order valence-electron chi connectivity index (χ2n) is 9.47. The molecule has 5 aromatic rings. The Bertz CT molecular complexity index is 1700. The van der Waals surface area contributed by atoms with Crippen LogP contribution in [0.3, 0.4) is 0 Å². The number of nitrogens with zero attached hydrogens (tertiary/aromatic N) is 2. The van der Waals surface area contributed by atoms with Crippen molar-refractivity contribution in [2.45, 2.75) is 12.8 Å². The number of benzene rings is 3. The number of anilines is 2. The number of carbonyl (C=O) groups is 2. The number of aromatic nitrogens is 3. The van der Waals surface area contributed by atoms with E-state index in [4.69, 9.17) is 9.47 Å². The molecule has 6 rings (SSSR count). The first kappa shape index (κ1) is 25.1. The van der Waals surface area contributed by atoms with E-state index < -0.39 is 17.1 Å². The molecule has 1 aliphatic rings. The number of hydrogen-bond acceptors (Lipinski definition) is 6. The summed E-state index contributed by atoms with van der Waals surface area (Å²) < 4.78 is 24.9. The van der Waals surface area contributed by atoms with Crippen molar-refractivity contribution < 1.29 is 23.5 Å². The van der Waals surface area contributed by atoms with Gasteiger partial charge in [-0.3, -0.25) is 19.7 Å². The molecule has 1 aliphatic carbocycles. The van der Waals surface area contributed by atoms with Crippen LogP contribution < -0.4 is 20.1 Å². The van der Waals surface area contributed by atoms with Crippen molar-refractivity contribution in [1.29, 1.82) is 0 Å². The summed E-state index contributed by atoms with van der Waals surface area (Å²) in [5, 5.41) is 13.3. The molecule has 0 bridgehead atoms. The number of methoxy groups -OCH3 is 1. The zero-order valence-corrected chi connectivity index (χ0v) is 21.4. The van der Waals surface area contributed by atoms with Crippen LogP contribution in [0.25, 0.3) is 22.2 Å². The number of carbonyl (C=O) groups excluding carboxylic acids is 2. The van der Waals surface area contributed by atoms with Crippen LogP contribution in [0.4, 0.5) is 15.8 Å². The van der Waals surface area contributed by atoms with Crippen molar-refractivity contribution in [1.82, 2.24) is 15.2 Å². The fourth-order valence-electron chi connectivity index (χ4n) is 4.47. The highest BCUT2D eigenvalue weighted by Crippen LogP contribution is 2.47. The molecule has 200 valence electrons. The molecule has 0 atom stereocenters. The van der Waals surface area contributed by atoms with Crippen molar-refractivity contribution in [3.05, 3.63) is 91.0 Å². The summed E-state index contributed by atoms with van der Waals surface area (Å²) in [6.45, 7) is 0. The predicted molar refractivity (Wildman–Crippen MR) is 148 cm³/mol. The van der Waals surface area contributed by atoms with Gasteiger partial charge in [-0.2, -0.15) is 5.10 Å². The molecule has 0 spiro atoms. The van der Waals surface area contributed by atoms with Gasteiger partial charge in [0.2, 0.25) is 11.8 Å². The summed E-state index contributed by atoms with van der Waals surface area (Å²) in [5.41, 5.74) is 2.15. The average Bonchev–Trinajstić information content (AvgIpc) is 3.62. The van der Waals surface area contributed by atoms with Gasteiger partial charge in [-0.15, -0.1) is 0 Å². The van der Waals surface area contributed by atoms with Crippen LogP contribution in [0.15, 0.2) is 85.2 Å². The van der Waals surface area contributed by atoms with Gasteiger partial charge in [0.1, 0.15) is 28.5 Å². The van der Waals surface area contributed by atoms with Crippen molar-refractivity contribution in [3.63, 3.8) is 0 Å². The second-order valence-corrected chi connectivity index (χ2v) is 9.47. The van der Waals surface area contributed by atoms with Crippen molar-refractivity contribution >= 4 is 34.1 Å². The van der Waals surface area contributed by atoms with E-state index in [1.807, 2.05) is 18.2 Å². The lowest BCUT2D eigenvalue weighted by atomic mass is 10.0. The number of nitrogens with one attached hydrogen (secondary N) is 3. The molecule has 1 fully saturated rings. The third kappa shape index (κ3) is 4.82. The zero-order chi connectivity index (χ0) is 27.7. The van der Waals surface area contributed by atoms with E-state index in [1.165, 1.54) is 24.3 Å². The highest BCUT2D eigenvalue weighted by Gasteiger charge is 2.56. The van der Waals surface area contributed by atoms with Gasteiger partial charge in [0.25, 0.3) is 0 Å². The monoisotopic (exact) mass is 537 g/mol. The first-order valence-corrected chi connectivity index (χ1v) is 12.6. The number of pyridine rings is 1. The van der Waals surface area contributed by atoms with Crippen molar-refractivity contribution in [2.24, 2.45) is 5.41 Å². The van der Waals surface area contributed by atoms with Gasteiger partial charge in [-0.25, -0.2) is 4.39 Å². The van der Waals surface area contributed by atoms with Crippen LogP contribution in [0.1, 0.15) is 12.8 Å². The minimum Gasteiger partial charge on any atom is -0.496 e. The molecule has 2 amide bonds. The van der Waals surface area contributed by atoms with E-state index in [0.29, 0.717) is 47.0 Å². The van der Waals surface area contributed by atoms with Crippen molar-refractivity contribution in [2.75, 3.05) is 17.7 Å². The maximum absolute atomic E-state index is 13.2. The molecule has 2 aromatic heterocycles. The maximum atomic E-state index is 13.2. The lowest BCUT2D eigenvalue weighted by molar-refractivity contribution is -0.131. The molecular formula is C30H24FN5O4. The highest BCUT2D eigenvalue weighted by atomic mass is 19.1. The molecule has 0 saturated heterocycles. The summed E-state index contributed by atoms with van der Waals surface area (Å²) in [6, 6.07) is 19.7. The minimum absolute atomic E-state index is 0.388. The minimum atomic E-state index is -1.15. The van der Waals surface area contributed by atoms with E-state index in [-0.39, 0.29) is 5.91 Å². The van der Waals surface area contributed by atoms with Crippen LogP contribution >= 0.6 is 0 Å². The molecule has 0 aliphatic heterocycles. The lowest BCUT2D eigenvalue weighted by Crippen LogP contribution is -2.35. The third-order valence-corrected chi connectivity index (χ3v) is 6.88. The summed E-state index contributed by atoms with van der Waals surface area (Å²) in [7, 11) is 1.60. The molecule has 10 heteroatoms. The van der Waals surface area contributed by atoms with Crippen LogP contribution in [0, 0.1) is 11.2 Å². The number of rotatable bonds is 8. The van der Waals surface area contributed by atoms with E-state index in [9.17, 15) is 14.0 Å². The Morgan fingerprint density at radius 1 is 0.875 bits per heavy atom. The largest absolute Gasteiger partial charge is 0.496 e. The molecule has 3 N–H and O–H groups in total. The SMILES string of the molecule is COc1cc2nccc(Oc3ccc(NC(=O)C4(C(=O)Nc5ccc(F)cc5)CC4)cc3)c2cc1-c1ccn[nH]1. The molecule has 0 radical (unpaired) electrons. The summed E-state index contributed by atoms with van der Waals surface area (Å²) >= 11 is 0. The number of aromatic amines is 1. The van der Waals surface area contributed by atoms with Gasteiger partial charge in [-0.1, -0.05) is 0 Å². The van der Waals surface area contributed by atoms with Crippen LogP contribution in [-0.4, -0.2) is 34.1 Å². The van der Waals surface area contributed by atoms with Gasteiger partial charge in [0, 0.05) is 40.8 Å². The van der Waals surface area contributed by atoms with Gasteiger partial charge in [-0.05, 0) is 79.6 Å². The van der Waals surface area contributed by atoms with Crippen LogP contribution in [0.5, 0.6) is 17.2 Å². The van der Waals surface area contributed by atoms with Crippen LogP contribution in [-0.2, 0) is 9.59 Å². The van der Waals surface area contributed by atoms with Gasteiger partial charge < -0.3 is 20.1 Å². The molecule has 0 unspecified atom stereocenters. The number of halogens is 1. The van der Waals surface area contributed by atoms with E-state index in [2.05, 4.69) is 25.8 Å². The molecule has 2 heterocycles. The average molecular weight is 538 g/mol. The van der Waals surface area contributed by atoms with Gasteiger partial charge >= 0.3 is 0 Å². The van der Waals surface area contributed by atoms with E-state index in [1.54, 1.807) is 49.8 Å². The first-order chi connectivity index (χ1) is 19.4. The van der Waals surface area contributed by atoms with Gasteiger partial charge in [0.05, 0.1) is 18.3 Å². The Hall–Kier alpha value is -5.25. The summed E-state index contributed by atoms with van der Waals surface area (Å²) in [5.74, 6) is 0.606. The Labute approximate surface area is 228 Å². The fraction of sp³-hybridized carbons (Fsp3) is 0.133. The third-order valence-electron chi connectivity index (χ3n) is 6.88. The quantitative estimate of drug-likeness (QED) is 0.211. The maximum Gasteiger partial charge on any atom is 0.240 e. The molecule has 1 saturated carbocycles. The number of ether oxygens (including phenoxy) is 2. The Kier molecular flexibility index (Phi) is 6.35. The lowest BCUT2D eigenvalue weighted by Gasteiger charge is -2.16. The number of H-pyrrole nitrogens is 1. The number of hydrogen-bond donors (Lipinski definition) is 3. The molecular weight excluding hydrogens is 513 g/mol. The molecule has 3 aromatic carbocycles. The van der Waals surface area contributed by atoms with Gasteiger partial charge in [0.15, 0.2) is 0 Å². The van der Waals surface area contributed by atoms with Crippen LogP contribution in [0.2, 0.25) is 0 Å². The van der Waals surface area contributed by atoms with E-state index >= 15 is 0 Å². The van der Waals surface area contributed by atoms with E-state index in [0.717, 1.165) is 16.6 Å². The summed E-state index contributed by atoms with van der Waals surface area (Å²) in [6.07, 6.45) is 4.21. The molecule has 9 nitrogen and oxygen atoms in total. The normalized spacial score (nSPS) is 13.4. The first-order valence-electron chi connectivity index (χ1n) is 12.6. The smallest absolute Gasteiger partial charge is 0.240 e.